The number of ketones is 1. The molecule has 0 aromatic carbocycles. The smallest absolute Gasteiger partial charge is 0.409 e. The zero-order valence-corrected chi connectivity index (χ0v) is 7.21. The molecule has 0 atom stereocenters. The molecule has 1 heterocycles. The second-order valence-corrected chi connectivity index (χ2v) is 2.85. The molecule has 1 aliphatic heterocycles. The van der Waals surface area contributed by atoms with Gasteiger partial charge in [0.05, 0.1) is 7.11 Å². The van der Waals surface area contributed by atoms with Crippen LogP contribution in [-0.2, 0) is 9.53 Å². The Balaban J connectivity index is 2.45. The second kappa shape index (κ2) is 4.09. The first-order valence-corrected chi connectivity index (χ1v) is 4.08. The van der Waals surface area contributed by atoms with Gasteiger partial charge >= 0.3 is 6.09 Å². The van der Waals surface area contributed by atoms with E-state index >= 15 is 0 Å². The van der Waals surface area contributed by atoms with Crippen molar-refractivity contribution in [2.45, 2.75) is 19.3 Å². The predicted molar refractivity (Wildman–Crippen MR) is 42.8 cm³/mol. The summed E-state index contributed by atoms with van der Waals surface area (Å²) in [7, 11) is 1.36. The lowest BCUT2D eigenvalue weighted by molar-refractivity contribution is -0.118. The maximum atomic E-state index is 11.0. The Labute approximate surface area is 71.5 Å². The molecule has 0 aromatic rings. The number of hydrogen-bond donors (Lipinski definition) is 0. The molecule has 0 saturated carbocycles. The van der Waals surface area contributed by atoms with Crippen molar-refractivity contribution in [1.29, 1.82) is 0 Å². The van der Waals surface area contributed by atoms with Crippen LogP contribution in [0.4, 0.5) is 4.79 Å². The minimum Gasteiger partial charge on any atom is -0.453 e. The molecular weight excluding hydrogens is 158 g/mol. The summed E-state index contributed by atoms with van der Waals surface area (Å²) in [6.07, 6.45) is 1.49. The number of hydrogen-bond acceptors (Lipinski definition) is 3. The van der Waals surface area contributed by atoms with Gasteiger partial charge in [-0.15, -0.1) is 0 Å². The minimum absolute atomic E-state index is 0.237. The quantitative estimate of drug-likeness (QED) is 0.541. The topological polar surface area (TPSA) is 46.6 Å². The number of likely N-dealkylation sites (tertiary alicyclic amines) is 1. The van der Waals surface area contributed by atoms with Crippen molar-refractivity contribution < 1.29 is 14.3 Å². The van der Waals surface area contributed by atoms with Gasteiger partial charge in [-0.25, -0.2) is 4.79 Å². The van der Waals surface area contributed by atoms with E-state index in [-0.39, 0.29) is 11.9 Å². The highest BCUT2D eigenvalue weighted by Crippen LogP contribution is 2.07. The molecule has 1 rings (SSSR count). The summed E-state index contributed by atoms with van der Waals surface area (Å²) >= 11 is 0. The minimum atomic E-state index is -0.329. The first-order valence-electron chi connectivity index (χ1n) is 4.08. The number of nitrogens with zero attached hydrogens (tertiary/aromatic N) is 1. The number of rotatable bonds is 0. The van der Waals surface area contributed by atoms with E-state index in [0.29, 0.717) is 25.9 Å². The van der Waals surface area contributed by atoms with E-state index in [1.165, 1.54) is 7.11 Å². The number of carbonyl (C=O) groups is 2. The lowest BCUT2D eigenvalue weighted by Gasteiger charge is -2.17. The summed E-state index contributed by atoms with van der Waals surface area (Å²) in [5.41, 5.74) is 0. The van der Waals surface area contributed by atoms with Crippen molar-refractivity contribution in [3.63, 3.8) is 0 Å². The van der Waals surface area contributed by atoms with E-state index in [1.54, 1.807) is 4.90 Å². The largest absolute Gasteiger partial charge is 0.453 e. The summed E-state index contributed by atoms with van der Waals surface area (Å²) in [5, 5.41) is 0. The third-order valence-electron chi connectivity index (χ3n) is 1.98. The van der Waals surface area contributed by atoms with Gasteiger partial charge in [-0.3, -0.25) is 4.79 Å². The third-order valence-corrected chi connectivity index (χ3v) is 1.98. The summed E-state index contributed by atoms with van der Waals surface area (Å²) in [6, 6.07) is 0. The second-order valence-electron chi connectivity index (χ2n) is 2.85. The molecule has 0 radical (unpaired) electrons. The molecule has 4 heteroatoms. The Morgan fingerprint density at radius 2 is 2.17 bits per heavy atom. The summed E-state index contributed by atoms with van der Waals surface area (Å²) < 4.78 is 4.56. The Morgan fingerprint density at radius 1 is 1.42 bits per heavy atom. The van der Waals surface area contributed by atoms with Crippen molar-refractivity contribution >= 4 is 11.9 Å². The highest BCUT2D eigenvalue weighted by atomic mass is 16.5. The van der Waals surface area contributed by atoms with E-state index in [2.05, 4.69) is 4.74 Å². The molecule has 68 valence electrons. The molecule has 4 nitrogen and oxygen atoms in total. The van der Waals surface area contributed by atoms with Gasteiger partial charge < -0.3 is 9.64 Å². The van der Waals surface area contributed by atoms with Crippen molar-refractivity contribution in [2.75, 3.05) is 20.2 Å². The van der Waals surface area contributed by atoms with Gasteiger partial charge in [-0.05, 0) is 6.42 Å². The van der Waals surface area contributed by atoms with Crippen LogP contribution in [0.5, 0.6) is 0 Å². The fraction of sp³-hybridized carbons (Fsp3) is 0.750. The van der Waals surface area contributed by atoms with Gasteiger partial charge in [0.1, 0.15) is 5.78 Å². The average molecular weight is 171 g/mol. The standard InChI is InChI=1S/C8H13NO3/c1-12-8(11)9-5-2-3-7(10)4-6-9/h2-6H2,1H3. The van der Waals surface area contributed by atoms with Crippen LogP contribution in [0.2, 0.25) is 0 Å². The van der Waals surface area contributed by atoms with Crippen LogP contribution >= 0.6 is 0 Å². The van der Waals surface area contributed by atoms with Gasteiger partial charge in [0.2, 0.25) is 0 Å². The van der Waals surface area contributed by atoms with E-state index in [1.807, 2.05) is 0 Å². The van der Waals surface area contributed by atoms with Gasteiger partial charge in [-0.2, -0.15) is 0 Å². The molecular formula is C8H13NO3. The van der Waals surface area contributed by atoms with Crippen molar-refractivity contribution in [3.8, 4) is 0 Å². The maximum absolute atomic E-state index is 11.0. The summed E-state index contributed by atoms with van der Waals surface area (Å²) in [5.74, 6) is 0.237. The molecule has 12 heavy (non-hydrogen) atoms. The molecule has 1 fully saturated rings. The monoisotopic (exact) mass is 171 g/mol. The zero-order valence-electron chi connectivity index (χ0n) is 7.21. The SMILES string of the molecule is COC(=O)N1CCCC(=O)CC1. The Hall–Kier alpha value is -1.06. The highest BCUT2D eigenvalue weighted by molar-refractivity contribution is 5.79. The first-order chi connectivity index (χ1) is 5.74. The van der Waals surface area contributed by atoms with Crippen molar-refractivity contribution in [3.05, 3.63) is 0 Å². The van der Waals surface area contributed by atoms with Crippen LogP contribution in [0.15, 0.2) is 0 Å². The van der Waals surface area contributed by atoms with E-state index in [4.69, 9.17) is 0 Å². The fourth-order valence-electron chi connectivity index (χ4n) is 1.28. The van der Waals surface area contributed by atoms with Gasteiger partial charge in [0, 0.05) is 25.9 Å². The summed E-state index contributed by atoms with van der Waals surface area (Å²) in [4.78, 5) is 23.6. The number of carbonyl (C=O) groups excluding carboxylic acids is 2. The number of amides is 1. The highest BCUT2D eigenvalue weighted by Gasteiger charge is 2.18. The van der Waals surface area contributed by atoms with Gasteiger partial charge in [0.15, 0.2) is 0 Å². The van der Waals surface area contributed by atoms with Gasteiger partial charge in [0.25, 0.3) is 0 Å². The molecule has 0 aliphatic carbocycles. The number of ether oxygens (including phenoxy) is 1. The molecule has 0 N–H and O–H groups in total. The average Bonchev–Trinajstić information content (AvgIpc) is 2.29. The van der Waals surface area contributed by atoms with Crippen molar-refractivity contribution in [1.82, 2.24) is 4.90 Å². The van der Waals surface area contributed by atoms with E-state index < -0.39 is 0 Å². The molecule has 0 bridgehead atoms. The first kappa shape index (κ1) is 9.03. The molecule has 0 unspecified atom stereocenters. The van der Waals surface area contributed by atoms with Crippen LogP contribution in [0, 0.1) is 0 Å². The van der Waals surface area contributed by atoms with Crippen LogP contribution in [0.25, 0.3) is 0 Å². The fourth-order valence-corrected chi connectivity index (χ4v) is 1.28. The Kier molecular flexibility index (Phi) is 3.08. The van der Waals surface area contributed by atoms with Crippen LogP contribution in [0.3, 0.4) is 0 Å². The van der Waals surface area contributed by atoms with Gasteiger partial charge in [-0.1, -0.05) is 0 Å². The molecule has 0 aromatic heterocycles. The molecule has 1 saturated heterocycles. The zero-order chi connectivity index (χ0) is 8.97. The predicted octanol–water partition coefficient (Wildman–Crippen LogP) is 0.808. The Bertz CT molecular complexity index is 191. The third kappa shape index (κ3) is 2.22. The van der Waals surface area contributed by atoms with Crippen LogP contribution < -0.4 is 0 Å². The summed E-state index contributed by atoms with van der Waals surface area (Å²) in [6.45, 7) is 1.14. The van der Waals surface area contributed by atoms with Crippen LogP contribution in [0.1, 0.15) is 19.3 Å². The van der Waals surface area contributed by atoms with E-state index in [0.717, 1.165) is 6.42 Å². The molecule has 1 amide bonds. The lowest BCUT2D eigenvalue weighted by atomic mass is 10.2. The normalized spacial score (nSPS) is 18.8. The lowest BCUT2D eigenvalue weighted by Crippen LogP contribution is -2.31. The van der Waals surface area contributed by atoms with Crippen molar-refractivity contribution in [2.24, 2.45) is 0 Å². The maximum Gasteiger partial charge on any atom is 0.409 e. The number of Topliss-reactive ketones (excluding diaryl/α,β-unsaturated/α-hetero) is 1. The van der Waals surface area contributed by atoms with E-state index in [9.17, 15) is 9.59 Å². The molecule has 1 aliphatic rings. The molecule has 0 spiro atoms. The Morgan fingerprint density at radius 3 is 2.83 bits per heavy atom. The van der Waals surface area contributed by atoms with Crippen LogP contribution in [-0.4, -0.2) is 37.0 Å². The number of methoxy groups -OCH3 is 1.